The highest BCUT2D eigenvalue weighted by Crippen LogP contribution is 2.33. The van der Waals surface area contributed by atoms with Crippen molar-refractivity contribution in [1.82, 2.24) is 0 Å². The largest absolute Gasteiger partial charge is 0.490 e. The van der Waals surface area contributed by atoms with Crippen molar-refractivity contribution in [1.29, 1.82) is 0 Å². The maximum atomic E-state index is 12.8. The van der Waals surface area contributed by atoms with Gasteiger partial charge in [0.25, 0.3) is 5.91 Å². The van der Waals surface area contributed by atoms with E-state index in [0.717, 1.165) is 24.2 Å². The minimum absolute atomic E-state index is 0.00363. The van der Waals surface area contributed by atoms with Gasteiger partial charge in [-0.25, -0.2) is 0 Å². The molecule has 3 rings (SSSR count). The van der Waals surface area contributed by atoms with Crippen molar-refractivity contribution < 1.29 is 18.8 Å². The van der Waals surface area contributed by atoms with Gasteiger partial charge in [0, 0.05) is 11.3 Å². The first-order valence-electron chi connectivity index (χ1n) is 16.1. The fourth-order valence-corrected chi connectivity index (χ4v) is 5.58. The quantitative estimate of drug-likeness (QED) is 0.105. The summed E-state index contributed by atoms with van der Waals surface area (Å²) in [6, 6.07) is 14.0. The van der Waals surface area contributed by atoms with Gasteiger partial charge in [0.1, 0.15) is 0 Å². The lowest BCUT2D eigenvalue weighted by Gasteiger charge is -2.21. The summed E-state index contributed by atoms with van der Waals surface area (Å²) in [5, 5.41) is 5.02. The molecule has 2 aromatic carbocycles. The fraction of sp³-hybridized carbons (Fsp3) is 0.556. The van der Waals surface area contributed by atoms with Gasteiger partial charge in [-0.3, -0.25) is 4.79 Å². The van der Waals surface area contributed by atoms with Crippen LogP contribution in [0.5, 0.6) is 11.5 Å². The summed E-state index contributed by atoms with van der Waals surface area (Å²) in [5.74, 6) is 1.13. The van der Waals surface area contributed by atoms with E-state index in [9.17, 15) is 4.79 Å². The lowest BCUT2D eigenvalue weighted by molar-refractivity contribution is -0.683. The summed E-state index contributed by atoms with van der Waals surface area (Å²) < 4.78 is 14.3. The van der Waals surface area contributed by atoms with E-state index in [-0.39, 0.29) is 17.9 Å². The van der Waals surface area contributed by atoms with Gasteiger partial charge in [-0.1, -0.05) is 128 Å². The van der Waals surface area contributed by atoms with Gasteiger partial charge in [0.15, 0.2) is 30.8 Å². The zero-order chi connectivity index (χ0) is 30.0. The van der Waals surface area contributed by atoms with Crippen LogP contribution in [0.3, 0.4) is 0 Å². The number of nitrogens with zero attached hydrogens (tertiary/aromatic N) is 1. The van der Waals surface area contributed by atoms with E-state index in [1.165, 1.54) is 76.2 Å². The minimum atomic E-state index is -0.192. The molecule has 5 nitrogen and oxygen atoms in total. The number of anilines is 1. The van der Waals surface area contributed by atoms with Crippen LogP contribution in [-0.2, 0) is 16.8 Å². The van der Waals surface area contributed by atoms with Crippen LogP contribution in [0.15, 0.2) is 59.6 Å². The lowest BCUT2D eigenvalue weighted by Crippen LogP contribution is -2.30. The summed E-state index contributed by atoms with van der Waals surface area (Å²) in [4.78, 5) is 12.8. The van der Waals surface area contributed by atoms with Gasteiger partial charge in [-0.2, -0.15) is 4.57 Å². The van der Waals surface area contributed by atoms with Crippen LogP contribution >= 0.6 is 11.3 Å². The van der Waals surface area contributed by atoms with Crippen LogP contribution in [0.4, 0.5) is 5.69 Å². The second-order valence-electron chi connectivity index (χ2n) is 12.4. The van der Waals surface area contributed by atoms with Crippen molar-refractivity contribution >= 4 is 22.9 Å². The number of aromatic nitrogens is 1. The number of nitrogens with one attached hydrogen (secondary N) is 1. The maximum Gasteiger partial charge on any atom is 0.262 e. The van der Waals surface area contributed by atoms with Crippen molar-refractivity contribution in [3.05, 3.63) is 70.7 Å². The highest BCUT2D eigenvalue weighted by molar-refractivity contribution is 7.07. The molecule has 0 saturated heterocycles. The zero-order valence-corrected chi connectivity index (χ0v) is 27.3. The Hall–Kier alpha value is -2.86. The van der Waals surface area contributed by atoms with Crippen LogP contribution in [0.25, 0.3) is 0 Å². The summed E-state index contributed by atoms with van der Waals surface area (Å²) in [6.07, 6.45) is 17.8. The number of hydrogen-bond donors (Lipinski definition) is 1. The predicted molar refractivity (Wildman–Crippen MR) is 176 cm³/mol. The summed E-state index contributed by atoms with van der Waals surface area (Å²) in [6.45, 7) is 10.2. The van der Waals surface area contributed by atoms with Crippen LogP contribution in [0, 0.1) is 0 Å². The number of hydrogen-bond acceptors (Lipinski definition) is 4. The van der Waals surface area contributed by atoms with E-state index in [4.69, 9.17) is 9.47 Å². The average Bonchev–Trinajstić information content (AvgIpc) is 3.47. The molecule has 0 unspecified atom stereocenters. The Balaban J connectivity index is 1.42. The molecule has 1 aromatic heterocycles. The molecule has 1 heterocycles. The molecule has 0 spiro atoms. The summed E-state index contributed by atoms with van der Waals surface area (Å²) in [7, 11) is 0. The van der Waals surface area contributed by atoms with E-state index in [1.807, 2.05) is 35.8 Å². The van der Waals surface area contributed by atoms with Gasteiger partial charge in [-0.15, -0.1) is 0 Å². The number of carbonyl (C=O) groups excluding carboxylic acids is 1. The monoisotopic (exact) mass is 593 g/mol. The molecule has 0 atom stereocenters. The Morgan fingerprint density at radius 1 is 0.833 bits per heavy atom. The number of unbranched alkanes of at least 4 members (excludes halogenated alkanes) is 11. The SMILES string of the molecule is CCCCCCCCCCCCCCOc1cc(C(C)(C)C)ccc1OCC(=O)Nc1cccc(C[n+]2ccsc2)c1. The Kier molecular flexibility index (Phi) is 14.9. The Labute approximate surface area is 258 Å². The fourth-order valence-electron chi connectivity index (χ4n) is 4.98. The topological polar surface area (TPSA) is 51.4 Å². The third-order valence-electron chi connectivity index (χ3n) is 7.53. The first kappa shape index (κ1) is 33.6. The van der Waals surface area contributed by atoms with Crippen molar-refractivity contribution in [2.75, 3.05) is 18.5 Å². The highest BCUT2D eigenvalue weighted by Gasteiger charge is 2.18. The standard InChI is InChI=1S/C36H52N2O3S/c1-5-6-7-8-9-10-11-12-13-14-15-16-23-40-34-26-31(36(2,3)4)20-21-33(34)41-28-35(39)37-32-19-17-18-30(25-32)27-38-22-24-42-29-38/h17-22,24-26,29H,5-16,23,27-28H2,1-4H3/p+1. The second kappa shape index (κ2) is 18.6. The number of thiazole rings is 1. The van der Waals surface area contributed by atoms with E-state index < -0.39 is 0 Å². The summed E-state index contributed by atoms with van der Waals surface area (Å²) >= 11 is 1.66. The van der Waals surface area contributed by atoms with Crippen LogP contribution < -0.4 is 19.4 Å². The maximum absolute atomic E-state index is 12.8. The molecule has 0 aliphatic rings. The van der Waals surface area contributed by atoms with Gasteiger partial charge < -0.3 is 14.8 Å². The molecule has 1 N–H and O–H groups in total. The van der Waals surface area contributed by atoms with Gasteiger partial charge in [0.05, 0.1) is 12.0 Å². The molecule has 0 aliphatic heterocycles. The van der Waals surface area contributed by atoms with Gasteiger partial charge in [0.2, 0.25) is 5.51 Å². The Bertz CT molecular complexity index is 1170. The van der Waals surface area contributed by atoms with Crippen molar-refractivity contribution in [3.8, 4) is 11.5 Å². The van der Waals surface area contributed by atoms with Crippen molar-refractivity contribution in [3.63, 3.8) is 0 Å². The predicted octanol–water partition coefficient (Wildman–Crippen LogP) is 9.48. The molecular formula is C36H53N2O3S+. The van der Waals surface area contributed by atoms with Crippen LogP contribution in [-0.4, -0.2) is 19.1 Å². The number of amides is 1. The van der Waals surface area contributed by atoms with E-state index >= 15 is 0 Å². The summed E-state index contributed by atoms with van der Waals surface area (Å²) in [5.41, 5.74) is 5.15. The van der Waals surface area contributed by atoms with E-state index in [0.29, 0.717) is 18.1 Å². The van der Waals surface area contributed by atoms with E-state index in [2.05, 4.69) is 61.3 Å². The second-order valence-corrected chi connectivity index (χ2v) is 13.1. The molecule has 0 aliphatic carbocycles. The smallest absolute Gasteiger partial charge is 0.262 e. The molecule has 1 amide bonds. The highest BCUT2D eigenvalue weighted by atomic mass is 32.1. The van der Waals surface area contributed by atoms with Gasteiger partial charge >= 0.3 is 0 Å². The molecular weight excluding hydrogens is 540 g/mol. The lowest BCUT2D eigenvalue weighted by atomic mass is 9.87. The molecule has 0 radical (unpaired) electrons. The molecule has 3 aromatic rings. The normalized spacial score (nSPS) is 11.4. The first-order valence-corrected chi connectivity index (χ1v) is 17.0. The number of rotatable bonds is 20. The molecule has 230 valence electrons. The minimum Gasteiger partial charge on any atom is -0.490 e. The molecule has 6 heteroatoms. The first-order chi connectivity index (χ1) is 20.3. The molecule has 0 fully saturated rings. The van der Waals surface area contributed by atoms with Crippen molar-refractivity contribution in [2.24, 2.45) is 0 Å². The zero-order valence-electron chi connectivity index (χ0n) is 26.5. The Morgan fingerprint density at radius 3 is 2.17 bits per heavy atom. The molecule has 42 heavy (non-hydrogen) atoms. The van der Waals surface area contributed by atoms with E-state index in [1.54, 1.807) is 11.3 Å². The number of carbonyl (C=O) groups is 1. The van der Waals surface area contributed by atoms with Crippen molar-refractivity contribution in [2.45, 2.75) is 117 Å². The average molecular weight is 594 g/mol. The molecule has 0 saturated carbocycles. The third kappa shape index (κ3) is 13.0. The number of benzene rings is 2. The Morgan fingerprint density at radius 2 is 1.52 bits per heavy atom. The van der Waals surface area contributed by atoms with Crippen LogP contribution in [0.2, 0.25) is 0 Å². The molecule has 0 bridgehead atoms. The van der Waals surface area contributed by atoms with Crippen LogP contribution in [0.1, 0.15) is 116 Å². The number of ether oxygens (including phenoxy) is 2. The third-order valence-corrected chi connectivity index (χ3v) is 8.20. The van der Waals surface area contributed by atoms with Gasteiger partial charge in [-0.05, 0) is 41.7 Å².